The number of amides is 1. The predicted molar refractivity (Wildman–Crippen MR) is 83.4 cm³/mol. The lowest BCUT2D eigenvalue weighted by Crippen LogP contribution is -2.27. The van der Waals surface area contributed by atoms with Gasteiger partial charge in [-0.25, -0.2) is 14.8 Å². The summed E-state index contributed by atoms with van der Waals surface area (Å²) < 4.78 is 5.19. The number of pyridine rings is 1. The minimum absolute atomic E-state index is 0.484. The molecule has 2 aromatic rings. The minimum Gasteiger partial charge on any atom is -0.444 e. The fourth-order valence-electron chi connectivity index (χ4n) is 1.48. The topological polar surface area (TPSA) is 64.1 Å². The van der Waals surface area contributed by atoms with Gasteiger partial charge in [0.2, 0.25) is 0 Å². The molecule has 5 nitrogen and oxygen atoms in total. The molecule has 1 N–H and O–H groups in total. The molecular weight excluding hydrogens is 274 g/mol. The van der Waals surface area contributed by atoms with Gasteiger partial charge in [0.15, 0.2) is 0 Å². The first kappa shape index (κ1) is 16.4. The Morgan fingerprint density at radius 3 is 2.55 bits per heavy atom. The largest absolute Gasteiger partial charge is 0.444 e. The molecule has 2 heterocycles. The summed E-state index contributed by atoms with van der Waals surface area (Å²) in [5.41, 5.74) is 3.56. The second-order valence-electron chi connectivity index (χ2n) is 4.93. The SMILES string of the molecule is CC.Cc1c(NC(=O)OC(C)(C)C)cnc2scnc12. The molecule has 0 aliphatic rings. The van der Waals surface area contributed by atoms with Crippen molar-refractivity contribution in [2.24, 2.45) is 0 Å². The first-order valence-corrected chi connectivity index (χ1v) is 7.43. The first-order valence-electron chi connectivity index (χ1n) is 6.55. The molecule has 0 bridgehead atoms. The van der Waals surface area contributed by atoms with Gasteiger partial charge in [0.1, 0.15) is 15.9 Å². The van der Waals surface area contributed by atoms with E-state index in [9.17, 15) is 4.79 Å². The van der Waals surface area contributed by atoms with Crippen LogP contribution < -0.4 is 5.32 Å². The molecule has 0 aliphatic heterocycles. The van der Waals surface area contributed by atoms with Gasteiger partial charge in [-0.15, -0.1) is 11.3 Å². The fourth-order valence-corrected chi connectivity index (χ4v) is 2.16. The highest BCUT2D eigenvalue weighted by Gasteiger charge is 2.17. The molecule has 2 aromatic heterocycles. The maximum Gasteiger partial charge on any atom is 0.412 e. The number of aromatic nitrogens is 2. The Kier molecular flexibility index (Phi) is 5.44. The number of anilines is 1. The fraction of sp³-hybridized carbons (Fsp3) is 0.500. The lowest BCUT2D eigenvalue weighted by Gasteiger charge is -2.20. The van der Waals surface area contributed by atoms with Crippen LogP contribution in [-0.2, 0) is 4.74 Å². The van der Waals surface area contributed by atoms with E-state index in [1.165, 1.54) is 11.3 Å². The van der Waals surface area contributed by atoms with Crippen LogP contribution in [0.1, 0.15) is 40.2 Å². The monoisotopic (exact) mass is 295 g/mol. The molecule has 110 valence electrons. The molecule has 0 aliphatic carbocycles. The van der Waals surface area contributed by atoms with Crippen LogP contribution >= 0.6 is 11.3 Å². The van der Waals surface area contributed by atoms with Gasteiger partial charge in [-0.05, 0) is 27.7 Å². The van der Waals surface area contributed by atoms with Gasteiger partial charge >= 0.3 is 6.09 Å². The van der Waals surface area contributed by atoms with Crippen LogP contribution in [0.2, 0.25) is 0 Å². The average molecular weight is 295 g/mol. The molecule has 0 unspecified atom stereocenters. The quantitative estimate of drug-likeness (QED) is 0.848. The van der Waals surface area contributed by atoms with Crippen LogP contribution in [-0.4, -0.2) is 21.7 Å². The van der Waals surface area contributed by atoms with E-state index in [-0.39, 0.29) is 0 Å². The van der Waals surface area contributed by atoms with Crippen molar-refractivity contribution >= 4 is 33.5 Å². The van der Waals surface area contributed by atoms with E-state index in [4.69, 9.17) is 4.74 Å². The third-order valence-electron chi connectivity index (χ3n) is 2.25. The van der Waals surface area contributed by atoms with E-state index in [1.54, 1.807) is 11.7 Å². The van der Waals surface area contributed by atoms with E-state index >= 15 is 0 Å². The molecule has 2 rings (SSSR count). The van der Waals surface area contributed by atoms with Crippen LogP contribution in [0.5, 0.6) is 0 Å². The second kappa shape index (κ2) is 6.65. The Labute approximate surface area is 123 Å². The number of thiazole rings is 1. The predicted octanol–water partition coefficient (Wildman–Crippen LogP) is 4.37. The number of aryl methyl sites for hydroxylation is 1. The zero-order valence-corrected chi connectivity index (χ0v) is 13.6. The van der Waals surface area contributed by atoms with Crippen LogP contribution in [0.4, 0.5) is 10.5 Å². The third kappa shape index (κ3) is 4.16. The lowest BCUT2D eigenvalue weighted by molar-refractivity contribution is 0.0636. The standard InChI is InChI=1S/C12H15N3O2S.C2H6/c1-7-8(15-11(16)17-12(2,3)4)5-13-10-9(7)14-6-18-10;1-2/h5-6H,1-4H3,(H,15,16);1-2H3. The molecule has 0 aromatic carbocycles. The summed E-state index contributed by atoms with van der Waals surface area (Å²) in [5.74, 6) is 0. The second-order valence-corrected chi connectivity index (χ2v) is 5.76. The molecule has 1 amide bonds. The van der Waals surface area contributed by atoms with Crippen LogP contribution in [0.25, 0.3) is 10.3 Å². The van der Waals surface area contributed by atoms with Crippen molar-refractivity contribution in [1.29, 1.82) is 0 Å². The van der Waals surface area contributed by atoms with E-state index in [0.717, 1.165) is 15.9 Å². The number of nitrogens with zero attached hydrogens (tertiary/aromatic N) is 2. The molecular formula is C14H21N3O2S. The average Bonchev–Trinajstić information content (AvgIpc) is 2.82. The smallest absolute Gasteiger partial charge is 0.412 e. The highest BCUT2D eigenvalue weighted by Crippen LogP contribution is 2.25. The number of hydrogen-bond donors (Lipinski definition) is 1. The van der Waals surface area contributed by atoms with Gasteiger partial charge in [0, 0.05) is 5.56 Å². The molecule has 0 saturated carbocycles. The minimum atomic E-state index is -0.518. The number of carbonyl (C=O) groups excluding carboxylic acids is 1. The van der Waals surface area contributed by atoms with Gasteiger partial charge in [-0.3, -0.25) is 5.32 Å². The molecule has 0 spiro atoms. The Bertz CT molecular complexity index is 588. The highest BCUT2D eigenvalue weighted by atomic mass is 32.1. The maximum absolute atomic E-state index is 11.7. The number of hydrogen-bond acceptors (Lipinski definition) is 5. The first-order chi connectivity index (χ1) is 9.37. The van der Waals surface area contributed by atoms with E-state index in [2.05, 4.69) is 15.3 Å². The summed E-state index contributed by atoms with van der Waals surface area (Å²) in [4.78, 5) is 21.0. The summed E-state index contributed by atoms with van der Waals surface area (Å²) in [6.45, 7) is 11.4. The van der Waals surface area contributed by atoms with Crippen LogP contribution in [0.3, 0.4) is 0 Å². The van der Waals surface area contributed by atoms with Crippen molar-refractivity contribution in [3.63, 3.8) is 0 Å². The maximum atomic E-state index is 11.7. The third-order valence-corrected chi connectivity index (χ3v) is 2.99. The van der Waals surface area contributed by atoms with Crippen molar-refractivity contribution in [3.05, 3.63) is 17.3 Å². The van der Waals surface area contributed by atoms with Gasteiger partial charge in [-0.2, -0.15) is 0 Å². The van der Waals surface area contributed by atoms with Gasteiger partial charge in [0.05, 0.1) is 17.4 Å². The van der Waals surface area contributed by atoms with E-state index in [1.807, 2.05) is 41.5 Å². The zero-order valence-electron chi connectivity index (χ0n) is 12.8. The van der Waals surface area contributed by atoms with Crippen molar-refractivity contribution < 1.29 is 9.53 Å². The van der Waals surface area contributed by atoms with Gasteiger partial charge in [-0.1, -0.05) is 13.8 Å². The molecule has 0 saturated heterocycles. The number of fused-ring (bicyclic) bond motifs is 1. The zero-order chi connectivity index (χ0) is 15.3. The summed E-state index contributed by atoms with van der Waals surface area (Å²) in [6.07, 6.45) is 1.14. The van der Waals surface area contributed by atoms with E-state index in [0.29, 0.717) is 5.69 Å². The Morgan fingerprint density at radius 1 is 1.30 bits per heavy atom. The van der Waals surface area contributed by atoms with Crippen molar-refractivity contribution in [3.8, 4) is 0 Å². The number of ether oxygens (including phenoxy) is 1. The van der Waals surface area contributed by atoms with E-state index < -0.39 is 11.7 Å². The molecule has 0 atom stereocenters. The van der Waals surface area contributed by atoms with Crippen molar-refractivity contribution in [2.75, 3.05) is 5.32 Å². The van der Waals surface area contributed by atoms with Gasteiger partial charge < -0.3 is 4.74 Å². The highest BCUT2D eigenvalue weighted by molar-refractivity contribution is 7.16. The normalized spacial score (nSPS) is 10.7. The summed E-state index contributed by atoms with van der Waals surface area (Å²) >= 11 is 1.47. The Hall–Kier alpha value is -1.69. The molecule has 20 heavy (non-hydrogen) atoms. The van der Waals surface area contributed by atoms with Gasteiger partial charge in [0.25, 0.3) is 0 Å². The molecule has 0 fully saturated rings. The summed E-state index contributed by atoms with van der Waals surface area (Å²) in [7, 11) is 0. The van der Waals surface area contributed by atoms with Crippen LogP contribution in [0, 0.1) is 6.92 Å². The summed E-state index contributed by atoms with van der Waals surface area (Å²) in [6, 6.07) is 0. The lowest BCUT2D eigenvalue weighted by atomic mass is 10.2. The Balaban J connectivity index is 0.000000956. The van der Waals surface area contributed by atoms with Crippen molar-refractivity contribution in [1.82, 2.24) is 9.97 Å². The molecule has 0 radical (unpaired) electrons. The summed E-state index contributed by atoms with van der Waals surface area (Å²) in [5, 5.41) is 2.69. The number of carbonyl (C=O) groups is 1. The number of rotatable bonds is 1. The number of nitrogens with one attached hydrogen (secondary N) is 1. The van der Waals surface area contributed by atoms with Crippen molar-refractivity contribution in [2.45, 2.75) is 47.1 Å². The molecule has 6 heteroatoms. The Morgan fingerprint density at radius 2 is 1.95 bits per heavy atom. The van der Waals surface area contributed by atoms with Crippen LogP contribution in [0.15, 0.2) is 11.7 Å².